The topological polar surface area (TPSA) is 88.4 Å². The summed E-state index contributed by atoms with van der Waals surface area (Å²) in [5.74, 6) is 0.293. The molecule has 1 N–H and O–H groups in total. The van der Waals surface area contributed by atoms with Gasteiger partial charge in [-0.25, -0.2) is 0 Å². The van der Waals surface area contributed by atoms with Crippen molar-refractivity contribution >= 4 is 28.1 Å². The van der Waals surface area contributed by atoms with Gasteiger partial charge in [0.2, 0.25) is 0 Å². The molecule has 6 nitrogen and oxygen atoms in total. The Morgan fingerprint density at radius 2 is 2.25 bits per heavy atom. The molecule has 0 spiro atoms. The Morgan fingerprint density at radius 3 is 2.85 bits per heavy atom. The first kappa shape index (κ1) is 16.0. The summed E-state index contributed by atoms with van der Waals surface area (Å²) in [6.45, 7) is 1.86. The van der Waals surface area contributed by atoms with E-state index in [1.54, 1.807) is 19.1 Å². The highest BCUT2D eigenvalue weighted by molar-refractivity contribution is 9.10. The first-order valence-corrected chi connectivity index (χ1v) is 6.59. The Balaban J connectivity index is 2.85. The first-order chi connectivity index (χ1) is 9.62. The third kappa shape index (κ3) is 4.55. The lowest BCUT2D eigenvalue weighted by atomic mass is 10.2. The van der Waals surface area contributed by atoms with Gasteiger partial charge in [0.1, 0.15) is 12.8 Å². The van der Waals surface area contributed by atoms with Crippen molar-refractivity contribution in [1.82, 2.24) is 5.32 Å². The Kier molecular flexibility index (Phi) is 6.53. The molecule has 7 heteroatoms. The number of halogens is 1. The monoisotopic (exact) mass is 340 g/mol. The van der Waals surface area contributed by atoms with Crippen LogP contribution >= 0.6 is 15.9 Å². The molecule has 1 amide bonds. The van der Waals surface area contributed by atoms with E-state index in [1.165, 1.54) is 6.07 Å². The van der Waals surface area contributed by atoms with Gasteiger partial charge in [-0.2, -0.15) is 5.26 Å². The summed E-state index contributed by atoms with van der Waals surface area (Å²) in [6, 6.07) is 4.89. The molecule has 0 bridgehead atoms. The Labute approximate surface area is 124 Å². The summed E-state index contributed by atoms with van der Waals surface area (Å²) in [6.07, 6.45) is 0.691. The Hall–Kier alpha value is -2.07. The molecule has 0 radical (unpaired) electrons. The van der Waals surface area contributed by atoms with Crippen LogP contribution in [-0.4, -0.2) is 32.0 Å². The van der Waals surface area contributed by atoms with E-state index in [0.717, 1.165) is 0 Å². The number of aldehydes is 1. The average Bonchev–Trinajstić information content (AvgIpc) is 2.44. The molecule has 0 saturated carbocycles. The number of nitrogens with zero attached hydrogens (tertiary/aromatic N) is 1. The maximum absolute atomic E-state index is 11.4. The van der Waals surface area contributed by atoms with Crippen LogP contribution in [0.3, 0.4) is 0 Å². The van der Waals surface area contributed by atoms with Gasteiger partial charge < -0.3 is 14.8 Å². The lowest BCUT2D eigenvalue weighted by molar-refractivity contribution is -0.122. The highest BCUT2D eigenvalue weighted by atomic mass is 79.9. The number of rotatable bonds is 7. The fourth-order valence-corrected chi connectivity index (χ4v) is 1.96. The highest BCUT2D eigenvalue weighted by Gasteiger charge is 2.13. The van der Waals surface area contributed by atoms with Crippen LogP contribution in [0.15, 0.2) is 16.6 Å². The van der Waals surface area contributed by atoms with Crippen LogP contribution in [0, 0.1) is 11.3 Å². The number of carbonyl (C=O) groups excluding carboxylic acids is 2. The molecular weight excluding hydrogens is 328 g/mol. The normalized spacial score (nSPS) is 9.45. The summed E-state index contributed by atoms with van der Waals surface area (Å²) < 4.78 is 11.3. The SMILES string of the molecule is CCOc1cc(C=O)cc(Br)c1OCC(=O)NCC#N. The van der Waals surface area contributed by atoms with Gasteiger partial charge in [-0.15, -0.1) is 0 Å². The molecule has 1 aromatic carbocycles. The van der Waals surface area contributed by atoms with Gasteiger partial charge in [-0.1, -0.05) is 0 Å². The number of carbonyl (C=O) groups is 2. The van der Waals surface area contributed by atoms with Crippen molar-refractivity contribution in [3.8, 4) is 17.6 Å². The van der Waals surface area contributed by atoms with Gasteiger partial charge in [0, 0.05) is 5.56 Å². The van der Waals surface area contributed by atoms with Crippen molar-refractivity contribution in [3.05, 3.63) is 22.2 Å². The number of nitrogens with one attached hydrogen (secondary N) is 1. The summed E-state index contributed by atoms with van der Waals surface area (Å²) in [5.41, 5.74) is 0.432. The molecule has 1 aromatic rings. The average molecular weight is 341 g/mol. The number of hydrogen-bond donors (Lipinski definition) is 1. The fraction of sp³-hybridized carbons (Fsp3) is 0.308. The van der Waals surface area contributed by atoms with Gasteiger partial charge in [-0.3, -0.25) is 9.59 Å². The number of amides is 1. The molecule has 0 atom stereocenters. The molecule has 1 rings (SSSR count). The third-order valence-electron chi connectivity index (χ3n) is 2.18. The van der Waals surface area contributed by atoms with Crippen molar-refractivity contribution < 1.29 is 19.1 Å². The van der Waals surface area contributed by atoms with Gasteiger partial charge in [0.25, 0.3) is 5.91 Å². The van der Waals surface area contributed by atoms with Crippen molar-refractivity contribution in [2.75, 3.05) is 19.8 Å². The molecule has 20 heavy (non-hydrogen) atoms. The number of hydrogen-bond acceptors (Lipinski definition) is 5. The largest absolute Gasteiger partial charge is 0.490 e. The second-order valence-electron chi connectivity index (χ2n) is 3.60. The van der Waals surface area contributed by atoms with E-state index >= 15 is 0 Å². The smallest absolute Gasteiger partial charge is 0.258 e. The zero-order chi connectivity index (χ0) is 15.0. The van der Waals surface area contributed by atoms with Crippen LogP contribution in [0.2, 0.25) is 0 Å². The Morgan fingerprint density at radius 1 is 1.50 bits per heavy atom. The first-order valence-electron chi connectivity index (χ1n) is 5.80. The van der Waals surface area contributed by atoms with E-state index in [2.05, 4.69) is 21.2 Å². The molecule has 0 aliphatic carbocycles. The quantitative estimate of drug-likeness (QED) is 0.602. The van der Waals surface area contributed by atoms with Crippen LogP contribution in [0.1, 0.15) is 17.3 Å². The van der Waals surface area contributed by atoms with Crippen molar-refractivity contribution in [3.63, 3.8) is 0 Å². The lowest BCUT2D eigenvalue weighted by Crippen LogP contribution is -2.29. The van der Waals surface area contributed by atoms with Gasteiger partial charge >= 0.3 is 0 Å². The lowest BCUT2D eigenvalue weighted by Gasteiger charge is -2.13. The van der Waals surface area contributed by atoms with Crippen molar-refractivity contribution in [1.29, 1.82) is 5.26 Å². The maximum Gasteiger partial charge on any atom is 0.258 e. The van der Waals surface area contributed by atoms with Crippen LogP contribution < -0.4 is 14.8 Å². The number of nitriles is 1. The summed E-state index contributed by atoms with van der Waals surface area (Å²) in [4.78, 5) is 22.2. The fourth-order valence-electron chi connectivity index (χ4n) is 1.39. The summed E-state index contributed by atoms with van der Waals surface area (Å²) >= 11 is 3.26. The zero-order valence-corrected chi connectivity index (χ0v) is 12.4. The minimum atomic E-state index is -0.416. The van der Waals surface area contributed by atoms with Gasteiger partial charge in [0.05, 0.1) is 17.1 Å². The standard InChI is InChI=1S/C13H13BrN2O4/c1-2-19-11-6-9(7-17)5-10(14)13(11)20-8-12(18)16-4-3-15/h5-7H,2,4,8H2,1H3,(H,16,18). The summed E-state index contributed by atoms with van der Waals surface area (Å²) in [5, 5.41) is 10.7. The molecular formula is C13H13BrN2O4. The van der Waals surface area contributed by atoms with Crippen LogP contribution in [0.5, 0.6) is 11.5 Å². The molecule has 0 unspecified atom stereocenters. The molecule has 0 aliphatic rings. The number of benzene rings is 1. The predicted molar refractivity (Wildman–Crippen MR) is 74.8 cm³/mol. The molecule has 0 fully saturated rings. The highest BCUT2D eigenvalue weighted by Crippen LogP contribution is 2.36. The molecule has 0 aliphatic heterocycles. The zero-order valence-electron chi connectivity index (χ0n) is 10.8. The maximum atomic E-state index is 11.4. The predicted octanol–water partition coefficient (Wildman–Crippen LogP) is 1.68. The summed E-state index contributed by atoms with van der Waals surface area (Å²) in [7, 11) is 0. The molecule has 0 heterocycles. The van der Waals surface area contributed by atoms with E-state index in [9.17, 15) is 9.59 Å². The Bertz CT molecular complexity index is 540. The van der Waals surface area contributed by atoms with Gasteiger partial charge in [-0.05, 0) is 35.0 Å². The van der Waals surface area contributed by atoms with Crippen molar-refractivity contribution in [2.45, 2.75) is 6.92 Å². The van der Waals surface area contributed by atoms with E-state index in [4.69, 9.17) is 14.7 Å². The van der Waals surface area contributed by atoms with E-state index in [-0.39, 0.29) is 13.2 Å². The molecule has 0 aromatic heterocycles. The van der Waals surface area contributed by atoms with Gasteiger partial charge in [0.15, 0.2) is 18.1 Å². The molecule has 106 valence electrons. The number of ether oxygens (including phenoxy) is 2. The van der Waals surface area contributed by atoms with E-state index in [1.807, 2.05) is 0 Å². The van der Waals surface area contributed by atoms with Crippen LogP contribution in [0.25, 0.3) is 0 Å². The van der Waals surface area contributed by atoms with Crippen LogP contribution in [0.4, 0.5) is 0 Å². The van der Waals surface area contributed by atoms with Crippen molar-refractivity contribution in [2.24, 2.45) is 0 Å². The second-order valence-corrected chi connectivity index (χ2v) is 4.46. The minimum Gasteiger partial charge on any atom is -0.490 e. The second kappa shape index (κ2) is 8.17. The third-order valence-corrected chi connectivity index (χ3v) is 2.77. The van der Waals surface area contributed by atoms with E-state index < -0.39 is 5.91 Å². The van der Waals surface area contributed by atoms with Crippen LogP contribution in [-0.2, 0) is 4.79 Å². The molecule has 0 saturated heterocycles. The minimum absolute atomic E-state index is 0.0776. The van der Waals surface area contributed by atoms with E-state index in [0.29, 0.717) is 34.4 Å².